The minimum absolute atomic E-state index is 0.703. The van der Waals surface area contributed by atoms with Crippen molar-refractivity contribution >= 4 is 38.3 Å². The van der Waals surface area contributed by atoms with E-state index in [0.29, 0.717) is 5.02 Å². The second-order valence-corrected chi connectivity index (χ2v) is 3.70. The molecule has 0 saturated carbocycles. The van der Waals surface area contributed by atoms with Crippen LogP contribution in [0.4, 0.5) is 0 Å². The molecule has 2 aromatic rings. The van der Waals surface area contributed by atoms with Crippen LogP contribution in [0.2, 0.25) is 5.02 Å². The van der Waals surface area contributed by atoms with Crippen molar-refractivity contribution in [1.82, 2.24) is 0 Å². The third-order valence-corrected chi connectivity index (χ3v) is 3.11. The van der Waals surface area contributed by atoms with Crippen LogP contribution in [0.3, 0.4) is 0 Å². The molecule has 0 fully saturated rings. The zero-order valence-corrected chi connectivity index (χ0v) is 8.48. The lowest BCUT2D eigenvalue weighted by atomic mass is 10.1. The smallest absolute Gasteiger partial charge is 0.0560 e. The molecule has 2 rings (SSSR count). The van der Waals surface area contributed by atoms with E-state index in [-0.39, 0.29) is 0 Å². The van der Waals surface area contributed by atoms with Crippen molar-refractivity contribution in [2.45, 2.75) is 0 Å². The minimum Gasteiger partial charge on any atom is -0.0831 e. The van der Waals surface area contributed by atoms with Crippen LogP contribution >= 0.6 is 27.5 Å². The van der Waals surface area contributed by atoms with Crippen molar-refractivity contribution in [2.75, 3.05) is 0 Å². The van der Waals surface area contributed by atoms with Crippen LogP contribution in [0.15, 0.2) is 34.8 Å². The highest BCUT2D eigenvalue weighted by Crippen LogP contribution is 2.30. The van der Waals surface area contributed by atoms with Gasteiger partial charge in [-0.05, 0) is 38.8 Å². The summed E-state index contributed by atoms with van der Waals surface area (Å²) in [6.07, 6.45) is 0. The average Bonchev–Trinajstić information content (AvgIpc) is 2.12. The Morgan fingerprint density at radius 2 is 2.00 bits per heavy atom. The Kier molecular flexibility index (Phi) is 2.07. The molecule has 0 unspecified atom stereocenters. The van der Waals surface area contributed by atoms with Gasteiger partial charge in [0.2, 0.25) is 0 Å². The van der Waals surface area contributed by atoms with Gasteiger partial charge in [0.1, 0.15) is 0 Å². The predicted octanol–water partition coefficient (Wildman–Crippen LogP) is 4.06. The maximum atomic E-state index is 5.91. The molecular formula is C10H5BrCl. The molecular weight excluding hydrogens is 235 g/mol. The molecule has 0 heterocycles. The number of halogens is 2. The highest BCUT2D eigenvalue weighted by Gasteiger charge is 2.01. The first-order valence-corrected chi connectivity index (χ1v) is 4.70. The average molecular weight is 241 g/mol. The topological polar surface area (TPSA) is 0 Å². The summed E-state index contributed by atoms with van der Waals surface area (Å²) in [7, 11) is 0. The molecule has 0 aliphatic heterocycles. The van der Waals surface area contributed by atoms with Crippen molar-refractivity contribution in [3.8, 4) is 0 Å². The van der Waals surface area contributed by atoms with Gasteiger partial charge in [-0.1, -0.05) is 35.9 Å². The van der Waals surface area contributed by atoms with E-state index in [2.05, 4.69) is 22.0 Å². The number of fused-ring (bicyclic) bond motifs is 1. The molecule has 0 bridgehead atoms. The highest BCUT2D eigenvalue weighted by molar-refractivity contribution is 9.10. The molecule has 59 valence electrons. The fraction of sp³-hybridized carbons (Fsp3) is 0. The van der Waals surface area contributed by atoms with Crippen LogP contribution in [0.5, 0.6) is 0 Å². The summed E-state index contributed by atoms with van der Waals surface area (Å²) in [5, 5.41) is 2.88. The van der Waals surface area contributed by atoms with Gasteiger partial charge < -0.3 is 0 Å². The standard InChI is InChI=1S/C10H5BrCl/c11-10-8-4-2-1-3-7(8)5-6-9(10)12/h1-4,6H. The Hall–Kier alpha value is -0.530. The highest BCUT2D eigenvalue weighted by atomic mass is 79.9. The van der Waals surface area contributed by atoms with Crippen molar-refractivity contribution in [3.63, 3.8) is 0 Å². The first-order valence-electron chi connectivity index (χ1n) is 3.53. The summed E-state index contributed by atoms with van der Waals surface area (Å²) in [4.78, 5) is 0. The van der Waals surface area contributed by atoms with Crippen LogP contribution in [0.25, 0.3) is 10.8 Å². The summed E-state index contributed by atoms with van der Waals surface area (Å²) in [5.74, 6) is 0. The van der Waals surface area contributed by atoms with Gasteiger partial charge in [-0.2, -0.15) is 0 Å². The molecule has 0 N–H and O–H groups in total. The monoisotopic (exact) mass is 239 g/mol. The van der Waals surface area contributed by atoms with Crippen molar-refractivity contribution in [2.24, 2.45) is 0 Å². The van der Waals surface area contributed by atoms with E-state index in [4.69, 9.17) is 11.6 Å². The minimum atomic E-state index is 0.703. The molecule has 0 atom stereocenters. The molecule has 0 aliphatic rings. The normalized spacial score (nSPS) is 10.5. The van der Waals surface area contributed by atoms with E-state index in [1.807, 2.05) is 24.3 Å². The maximum Gasteiger partial charge on any atom is 0.0560 e. The van der Waals surface area contributed by atoms with Gasteiger partial charge in [-0.3, -0.25) is 0 Å². The van der Waals surface area contributed by atoms with Crippen molar-refractivity contribution in [1.29, 1.82) is 0 Å². The maximum absolute atomic E-state index is 5.91. The largest absolute Gasteiger partial charge is 0.0831 e. The van der Waals surface area contributed by atoms with Crippen LogP contribution in [0.1, 0.15) is 0 Å². The molecule has 12 heavy (non-hydrogen) atoms. The SMILES string of the molecule is Clc1c[c]c2ccccc2c1Br. The zero-order valence-electron chi connectivity index (χ0n) is 6.14. The molecule has 0 spiro atoms. The van der Waals surface area contributed by atoms with E-state index in [0.717, 1.165) is 15.2 Å². The van der Waals surface area contributed by atoms with Gasteiger partial charge in [-0.15, -0.1) is 0 Å². The van der Waals surface area contributed by atoms with Gasteiger partial charge in [0.25, 0.3) is 0 Å². The molecule has 0 saturated heterocycles. The van der Waals surface area contributed by atoms with Gasteiger partial charge in [-0.25, -0.2) is 0 Å². The molecule has 2 aromatic carbocycles. The van der Waals surface area contributed by atoms with E-state index in [9.17, 15) is 0 Å². The van der Waals surface area contributed by atoms with Crippen molar-refractivity contribution < 1.29 is 0 Å². The van der Waals surface area contributed by atoms with Gasteiger partial charge in [0, 0.05) is 4.47 Å². The van der Waals surface area contributed by atoms with Crippen LogP contribution in [-0.4, -0.2) is 0 Å². The molecule has 1 radical (unpaired) electrons. The van der Waals surface area contributed by atoms with Gasteiger partial charge in [0.15, 0.2) is 0 Å². The van der Waals surface area contributed by atoms with Crippen LogP contribution in [0, 0.1) is 6.07 Å². The lowest BCUT2D eigenvalue weighted by molar-refractivity contribution is 1.70. The quantitative estimate of drug-likeness (QED) is 0.651. The van der Waals surface area contributed by atoms with Crippen LogP contribution in [-0.2, 0) is 0 Å². The third kappa shape index (κ3) is 1.23. The second kappa shape index (κ2) is 3.08. The Morgan fingerprint density at radius 1 is 1.25 bits per heavy atom. The number of hydrogen-bond acceptors (Lipinski definition) is 0. The first-order chi connectivity index (χ1) is 5.79. The lowest BCUT2D eigenvalue weighted by Gasteiger charge is -2.00. The third-order valence-electron chi connectivity index (χ3n) is 1.73. The molecule has 0 amide bonds. The Balaban J connectivity index is 2.91. The summed E-state index contributed by atoms with van der Waals surface area (Å²) in [6, 6.07) is 12.9. The van der Waals surface area contributed by atoms with Gasteiger partial charge in [0.05, 0.1) is 5.02 Å². The van der Waals surface area contributed by atoms with E-state index in [1.54, 1.807) is 6.07 Å². The predicted molar refractivity (Wildman–Crippen MR) is 55.5 cm³/mol. The van der Waals surface area contributed by atoms with Crippen LogP contribution < -0.4 is 0 Å². The summed E-state index contributed by atoms with van der Waals surface area (Å²) < 4.78 is 0.943. The Labute approximate surface area is 84.3 Å². The molecule has 0 nitrogen and oxygen atoms in total. The second-order valence-electron chi connectivity index (χ2n) is 2.50. The lowest BCUT2D eigenvalue weighted by Crippen LogP contribution is -1.75. The number of benzene rings is 2. The van der Waals surface area contributed by atoms with E-state index < -0.39 is 0 Å². The molecule has 0 aromatic heterocycles. The summed E-state index contributed by atoms with van der Waals surface area (Å²) in [6.45, 7) is 0. The molecule has 0 aliphatic carbocycles. The van der Waals surface area contributed by atoms with E-state index in [1.165, 1.54) is 0 Å². The molecule has 2 heteroatoms. The number of hydrogen-bond donors (Lipinski definition) is 0. The number of rotatable bonds is 0. The fourth-order valence-corrected chi connectivity index (χ4v) is 1.75. The summed E-state index contributed by atoms with van der Waals surface area (Å²) >= 11 is 9.34. The van der Waals surface area contributed by atoms with E-state index >= 15 is 0 Å². The fourth-order valence-electron chi connectivity index (χ4n) is 1.13. The zero-order chi connectivity index (χ0) is 8.55. The summed E-state index contributed by atoms with van der Waals surface area (Å²) in [5.41, 5.74) is 0. The van der Waals surface area contributed by atoms with Crippen molar-refractivity contribution in [3.05, 3.63) is 45.9 Å². The van der Waals surface area contributed by atoms with Gasteiger partial charge >= 0.3 is 0 Å². The Bertz CT molecular complexity index is 423. The first kappa shape index (κ1) is 8.09. The Morgan fingerprint density at radius 3 is 2.83 bits per heavy atom.